The minimum atomic E-state index is -3.52. The smallest absolute Gasteiger partial charge is 0.309 e. The van der Waals surface area contributed by atoms with Crippen LogP contribution in [0.3, 0.4) is 0 Å². The lowest BCUT2D eigenvalue weighted by atomic mass is 9.97. The van der Waals surface area contributed by atoms with Gasteiger partial charge in [0, 0.05) is 33.2 Å². The van der Waals surface area contributed by atoms with Crippen molar-refractivity contribution in [1.82, 2.24) is 14.9 Å². The van der Waals surface area contributed by atoms with Crippen molar-refractivity contribution in [3.63, 3.8) is 0 Å². The molecule has 1 aliphatic heterocycles. The Bertz CT molecular complexity index is 770. The normalized spacial score (nSPS) is 16.1. The molecule has 0 amide bonds. The first kappa shape index (κ1) is 22.2. The number of likely N-dealkylation sites (tertiary alicyclic amines) is 1. The zero-order valence-electron chi connectivity index (χ0n) is 16.8. The van der Waals surface area contributed by atoms with E-state index in [1.54, 1.807) is 31.3 Å². The lowest BCUT2D eigenvalue weighted by molar-refractivity contribution is -0.149. The number of aryl methyl sites for hydroxylation is 1. The second kappa shape index (κ2) is 10.4. The number of esters is 1. The number of carbonyl (C=O) groups is 1. The molecule has 1 fully saturated rings. The molecule has 1 heterocycles. The summed E-state index contributed by atoms with van der Waals surface area (Å²) in [5.41, 5.74) is 1.01. The van der Waals surface area contributed by atoms with Gasteiger partial charge in [0.1, 0.15) is 0 Å². The zero-order valence-corrected chi connectivity index (χ0v) is 17.6. The van der Waals surface area contributed by atoms with Crippen LogP contribution in [0.4, 0.5) is 0 Å². The topological polar surface area (TPSA) is 100 Å². The van der Waals surface area contributed by atoms with Crippen LogP contribution < -0.4 is 10.0 Å². The van der Waals surface area contributed by atoms with Crippen molar-refractivity contribution in [3.8, 4) is 0 Å². The number of sulfonamides is 1. The molecule has 0 saturated carbocycles. The van der Waals surface area contributed by atoms with E-state index >= 15 is 0 Å². The van der Waals surface area contributed by atoms with E-state index < -0.39 is 10.0 Å². The Balaban J connectivity index is 1.77. The number of carbonyl (C=O) groups excluding carboxylic acids is 1. The fourth-order valence-electron chi connectivity index (χ4n) is 3.08. The Morgan fingerprint density at radius 2 is 1.86 bits per heavy atom. The standard InChI is InChI=1S/C19H30N4O4S/c1-4-27-18(24)16-9-13-23(14-10-16)19(20-3)21-11-12-22-28(25,26)17-7-5-15(2)6-8-17/h5-8,16,22H,4,9-14H2,1-3H3,(H,20,21). The number of nitrogens with one attached hydrogen (secondary N) is 2. The van der Waals surface area contributed by atoms with Crippen LogP contribution >= 0.6 is 0 Å². The Morgan fingerprint density at radius 1 is 1.21 bits per heavy atom. The summed E-state index contributed by atoms with van der Waals surface area (Å²) in [6.45, 7) is 6.20. The molecule has 28 heavy (non-hydrogen) atoms. The average Bonchev–Trinajstić information content (AvgIpc) is 2.69. The monoisotopic (exact) mass is 410 g/mol. The highest BCUT2D eigenvalue weighted by Gasteiger charge is 2.27. The van der Waals surface area contributed by atoms with Crippen LogP contribution in [0.1, 0.15) is 25.3 Å². The van der Waals surface area contributed by atoms with Crippen molar-refractivity contribution in [2.75, 3.05) is 39.8 Å². The van der Waals surface area contributed by atoms with Gasteiger partial charge >= 0.3 is 5.97 Å². The van der Waals surface area contributed by atoms with Gasteiger partial charge in [-0.05, 0) is 38.8 Å². The molecule has 0 radical (unpaired) electrons. The Morgan fingerprint density at radius 3 is 2.43 bits per heavy atom. The second-order valence-electron chi connectivity index (χ2n) is 6.70. The molecule has 8 nitrogen and oxygen atoms in total. The van der Waals surface area contributed by atoms with Gasteiger partial charge in [-0.25, -0.2) is 13.1 Å². The SMILES string of the molecule is CCOC(=O)C1CCN(C(=NC)NCCNS(=O)(=O)c2ccc(C)cc2)CC1. The predicted molar refractivity (Wildman–Crippen MR) is 109 cm³/mol. The third kappa shape index (κ3) is 6.20. The molecule has 1 aliphatic rings. The van der Waals surface area contributed by atoms with E-state index in [-0.39, 0.29) is 23.3 Å². The number of benzene rings is 1. The number of rotatable bonds is 7. The molecular weight excluding hydrogens is 380 g/mol. The minimum absolute atomic E-state index is 0.0596. The Labute approximate surface area is 167 Å². The molecule has 0 aliphatic carbocycles. The molecule has 0 aromatic heterocycles. The number of hydrogen-bond donors (Lipinski definition) is 2. The lowest BCUT2D eigenvalue weighted by Gasteiger charge is -2.33. The first-order valence-corrected chi connectivity index (χ1v) is 11.0. The Hall–Kier alpha value is -2.13. The number of piperidine rings is 1. The van der Waals surface area contributed by atoms with Gasteiger partial charge in [-0.1, -0.05) is 17.7 Å². The molecule has 1 saturated heterocycles. The van der Waals surface area contributed by atoms with Crippen molar-refractivity contribution in [2.45, 2.75) is 31.6 Å². The van der Waals surface area contributed by atoms with Crippen LogP contribution in [0.15, 0.2) is 34.2 Å². The summed E-state index contributed by atoms with van der Waals surface area (Å²) < 4.78 is 32.3. The maximum absolute atomic E-state index is 12.3. The van der Waals surface area contributed by atoms with Crippen molar-refractivity contribution >= 4 is 22.0 Å². The zero-order chi connectivity index (χ0) is 20.6. The van der Waals surface area contributed by atoms with Gasteiger partial charge in [-0.2, -0.15) is 0 Å². The highest BCUT2D eigenvalue weighted by molar-refractivity contribution is 7.89. The van der Waals surface area contributed by atoms with Gasteiger partial charge in [0.2, 0.25) is 10.0 Å². The highest BCUT2D eigenvalue weighted by Crippen LogP contribution is 2.18. The van der Waals surface area contributed by atoms with E-state index in [0.717, 1.165) is 18.4 Å². The van der Waals surface area contributed by atoms with Crippen molar-refractivity contribution in [1.29, 1.82) is 0 Å². The third-order valence-corrected chi connectivity index (χ3v) is 6.13. The summed E-state index contributed by atoms with van der Waals surface area (Å²) >= 11 is 0. The molecule has 0 atom stereocenters. The highest BCUT2D eigenvalue weighted by atomic mass is 32.2. The fourth-order valence-corrected chi connectivity index (χ4v) is 4.11. The molecule has 1 aromatic carbocycles. The number of aliphatic imine (C=N–C) groups is 1. The maximum atomic E-state index is 12.3. The summed E-state index contributed by atoms with van der Waals surface area (Å²) in [5.74, 6) is 0.517. The molecule has 1 aromatic rings. The molecular formula is C19H30N4O4S. The van der Waals surface area contributed by atoms with E-state index in [9.17, 15) is 13.2 Å². The molecule has 0 spiro atoms. The quantitative estimate of drug-likeness (QED) is 0.302. The summed E-state index contributed by atoms with van der Waals surface area (Å²) in [7, 11) is -1.83. The Kier molecular flexibility index (Phi) is 8.25. The van der Waals surface area contributed by atoms with E-state index in [2.05, 4.69) is 19.9 Å². The molecule has 156 valence electrons. The molecule has 2 rings (SSSR count). The van der Waals surface area contributed by atoms with Gasteiger partial charge in [0.25, 0.3) is 0 Å². The number of ether oxygens (including phenoxy) is 1. The minimum Gasteiger partial charge on any atom is -0.466 e. The summed E-state index contributed by atoms with van der Waals surface area (Å²) in [6, 6.07) is 6.73. The van der Waals surface area contributed by atoms with Crippen LogP contribution in [0.25, 0.3) is 0 Å². The molecule has 2 N–H and O–H groups in total. The van der Waals surface area contributed by atoms with Gasteiger partial charge in [-0.3, -0.25) is 9.79 Å². The second-order valence-corrected chi connectivity index (χ2v) is 8.47. The van der Waals surface area contributed by atoms with Gasteiger partial charge < -0.3 is 15.0 Å². The maximum Gasteiger partial charge on any atom is 0.309 e. The molecule has 0 bridgehead atoms. The first-order valence-electron chi connectivity index (χ1n) is 9.56. The predicted octanol–water partition coefficient (Wildman–Crippen LogP) is 1.12. The van der Waals surface area contributed by atoms with Crippen molar-refractivity contribution in [3.05, 3.63) is 29.8 Å². The molecule has 0 unspecified atom stereocenters. The van der Waals surface area contributed by atoms with E-state index in [1.807, 2.05) is 13.8 Å². The van der Waals surface area contributed by atoms with E-state index in [4.69, 9.17) is 4.74 Å². The first-order chi connectivity index (χ1) is 13.4. The van der Waals surface area contributed by atoms with Crippen LogP contribution in [0, 0.1) is 12.8 Å². The van der Waals surface area contributed by atoms with E-state index in [1.165, 1.54) is 0 Å². The van der Waals surface area contributed by atoms with Crippen LogP contribution in [0.2, 0.25) is 0 Å². The lowest BCUT2D eigenvalue weighted by Crippen LogP contribution is -2.48. The van der Waals surface area contributed by atoms with Gasteiger partial charge in [-0.15, -0.1) is 0 Å². The van der Waals surface area contributed by atoms with E-state index in [0.29, 0.717) is 32.2 Å². The number of nitrogens with zero attached hydrogens (tertiary/aromatic N) is 2. The summed E-state index contributed by atoms with van der Waals surface area (Å²) in [4.78, 5) is 18.4. The number of guanidine groups is 1. The largest absolute Gasteiger partial charge is 0.466 e. The van der Waals surface area contributed by atoms with Crippen molar-refractivity contribution < 1.29 is 17.9 Å². The fraction of sp³-hybridized carbons (Fsp3) is 0.579. The summed E-state index contributed by atoms with van der Waals surface area (Å²) in [6.07, 6.45) is 1.44. The van der Waals surface area contributed by atoms with Crippen LogP contribution in [-0.4, -0.2) is 65.1 Å². The average molecular weight is 411 g/mol. The third-order valence-electron chi connectivity index (χ3n) is 4.66. The van der Waals surface area contributed by atoms with Crippen LogP contribution in [-0.2, 0) is 19.6 Å². The van der Waals surface area contributed by atoms with Gasteiger partial charge in [0.15, 0.2) is 5.96 Å². The number of hydrogen-bond acceptors (Lipinski definition) is 5. The van der Waals surface area contributed by atoms with Gasteiger partial charge in [0.05, 0.1) is 17.4 Å². The van der Waals surface area contributed by atoms with Crippen LogP contribution in [0.5, 0.6) is 0 Å². The summed E-state index contributed by atoms with van der Waals surface area (Å²) in [5, 5.41) is 3.17. The molecule has 9 heteroatoms. The van der Waals surface area contributed by atoms with Crippen molar-refractivity contribution in [2.24, 2.45) is 10.9 Å².